The van der Waals surface area contributed by atoms with E-state index in [4.69, 9.17) is 10.3 Å². The average Bonchev–Trinajstić information content (AvgIpc) is 3.38. The molecule has 4 rings (SSSR count). The third kappa shape index (κ3) is 5.52. The maximum absolute atomic E-state index is 13.0. The fourth-order valence-electron chi connectivity index (χ4n) is 3.49. The normalized spacial score (nSPS) is 14.4. The zero-order valence-electron chi connectivity index (χ0n) is 18.0. The van der Waals surface area contributed by atoms with Crippen molar-refractivity contribution < 1.29 is 18.4 Å². The van der Waals surface area contributed by atoms with Gasteiger partial charge in [0.05, 0.1) is 24.1 Å². The van der Waals surface area contributed by atoms with Crippen molar-refractivity contribution >= 4 is 29.3 Å². The highest BCUT2D eigenvalue weighted by Gasteiger charge is 2.23. The van der Waals surface area contributed by atoms with Gasteiger partial charge in [0.15, 0.2) is 5.82 Å². The van der Waals surface area contributed by atoms with Crippen LogP contribution in [0, 0.1) is 12.7 Å². The Morgan fingerprint density at radius 2 is 1.88 bits per heavy atom. The minimum Gasteiger partial charge on any atom is -0.469 e. The highest BCUT2D eigenvalue weighted by molar-refractivity contribution is 7.99. The molecule has 1 aliphatic heterocycles. The second kappa shape index (κ2) is 10.0. The molecule has 0 radical (unpaired) electrons. The van der Waals surface area contributed by atoms with Crippen molar-refractivity contribution in [1.29, 1.82) is 0 Å². The number of aryl methyl sites for hydroxylation is 1. The third-order valence-corrected chi connectivity index (χ3v) is 6.24. The molecule has 0 bridgehead atoms. The van der Waals surface area contributed by atoms with Gasteiger partial charge in [-0.05, 0) is 37.3 Å². The van der Waals surface area contributed by atoms with Gasteiger partial charge in [0.1, 0.15) is 11.6 Å². The number of nitrogens with one attached hydrogen (secondary N) is 1. The molecule has 33 heavy (non-hydrogen) atoms. The van der Waals surface area contributed by atoms with E-state index in [0.717, 1.165) is 5.56 Å². The number of anilines is 1. The summed E-state index contributed by atoms with van der Waals surface area (Å²) in [5, 5.41) is 11.4. The standard InChI is InChI=1S/C21H24FN7O3S/c1-14-17(6-11-32-14)20-25-26-21(29(20)23)33-13-19(31)28-9-7-27(8-10-28)12-18(30)24-16-4-2-15(22)3-5-16/h2-6,11H,7-10,12-13,23H2,1H3,(H,24,30). The number of rotatable bonds is 7. The molecule has 1 saturated heterocycles. The SMILES string of the molecule is Cc1occc1-c1nnc(SCC(=O)N2CCN(CC(=O)Nc3ccc(F)cc3)CC2)n1N. The van der Waals surface area contributed by atoms with Gasteiger partial charge >= 0.3 is 0 Å². The second-order valence-electron chi connectivity index (χ2n) is 7.57. The van der Waals surface area contributed by atoms with E-state index in [2.05, 4.69) is 15.5 Å². The summed E-state index contributed by atoms with van der Waals surface area (Å²) < 4.78 is 19.6. The maximum Gasteiger partial charge on any atom is 0.238 e. The first-order valence-electron chi connectivity index (χ1n) is 10.3. The van der Waals surface area contributed by atoms with Gasteiger partial charge in [0.2, 0.25) is 17.0 Å². The van der Waals surface area contributed by atoms with E-state index in [9.17, 15) is 14.0 Å². The molecule has 10 nitrogen and oxygen atoms in total. The van der Waals surface area contributed by atoms with E-state index < -0.39 is 0 Å². The van der Waals surface area contributed by atoms with Crippen LogP contribution < -0.4 is 11.2 Å². The molecule has 3 heterocycles. The van der Waals surface area contributed by atoms with Crippen LogP contribution in [0.1, 0.15) is 5.76 Å². The third-order valence-electron chi connectivity index (χ3n) is 5.31. The number of nitrogens with zero attached hydrogens (tertiary/aromatic N) is 5. The van der Waals surface area contributed by atoms with E-state index >= 15 is 0 Å². The van der Waals surface area contributed by atoms with Crippen LogP contribution in [-0.4, -0.2) is 75.0 Å². The maximum atomic E-state index is 13.0. The summed E-state index contributed by atoms with van der Waals surface area (Å²) in [6, 6.07) is 7.39. The summed E-state index contributed by atoms with van der Waals surface area (Å²) in [6.07, 6.45) is 1.56. The number of carbonyl (C=O) groups is 2. The van der Waals surface area contributed by atoms with E-state index in [1.165, 1.54) is 40.7 Å². The molecule has 1 aliphatic rings. The lowest BCUT2D eigenvalue weighted by Gasteiger charge is -2.34. The van der Waals surface area contributed by atoms with Crippen molar-refractivity contribution in [2.75, 3.05) is 49.6 Å². The van der Waals surface area contributed by atoms with Gasteiger partial charge in [-0.25, -0.2) is 9.07 Å². The number of halogens is 1. The highest BCUT2D eigenvalue weighted by atomic mass is 32.2. The van der Waals surface area contributed by atoms with Crippen LogP contribution in [0.15, 0.2) is 46.2 Å². The van der Waals surface area contributed by atoms with E-state index in [1.807, 2.05) is 11.8 Å². The molecule has 0 aliphatic carbocycles. The van der Waals surface area contributed by atoms with Crippen molar-refractivity contribution in [3.05, 3.63) is 48.2 Å². The number of thioether (sulfide) groups is 1. The predicted octanol–water partition coefficient (Wildman–Crippen LogP) is 1.57. The molecular weight excluding hydrogens is 449 g/mol. The molecule has 3 aromatic rings. The van der Waals surface area contributed by atoms with Gasteiger partial charge in [-0.2, -0.15) is 0 Å². The number of nitrogens with two attached hydrogens (primary N) is 1. The summed E-state index contributed by atoms with van der Waals surface area (Å²) in [4.78, 5) is 28.6. The van der Waals surface area contributed by atoms with Crippen LogP contribution in [-0.2, 0) is 9.59 Å². The molecule has 174 valence electrons. The fraction of sp³-hybridized carbons (Fsp3) is 0.333. The lowest BCUT2D eigenvalue weighted by molar-refractivity contribution is -0.130. The van der Waals surface area contributed by atoms with Crippen LogP contribution >= 0.6 is 11.8 Å². The quantitative estimate of drug-likeness (QED) is 0.392. The van der Waals surface area contributed by atoms with Crippen molar-refractivity contribution in [3.63, 3.8) is 0 Å². The summed E-state index contributed by atoms with van der Waals surface area (Å²) >= 11 is 1.22. The van der Waals surface area contributed by atoms with Crippen LogP contribution in [0.2, 0.25) is 0 Å². The summed E-state index contributed by atoms with van der Waals surface area (Å²) in [7, 11) is 0. The monoisotopic (exact) mass is 473 g/mol. The van der Waals surface area contributed by atoms with E-state index in [0.29, 0.717) is 48.6 Å². The number of hydrogen-bond donors (Lipinski definition) is 2. The molecule has 2 aromatic heterocycles. The van der Waals surface area contributed by atoms with Crippen molar-refractivity contribution in [2.45, 2.75) is 12.1 Å². The first-order chi connectivity index (χ1) is 15.9. The van der Waals surface area contributed by atoms with Crippen LogP contribution in [0.25, 0.3) is 11.4 Å². The minimum atomic E-state index is -0.354. The molecular formula is C21H24FN7O3S. The Morgan fingerprint density at radius 3 is 2.55 bits per heavy atom. The molecule has 1 fully saturated rings. The smallest absolute Gasteiger partial charge is 0.238 e. The lowest BCUT2D eigenvalue weighted by Crippen LogP contribution is -2.50. The zero-order chi connectivity index (χ0) is 23.4. The molecule has 12 heteroatoms. The molecule has 0 spiro atoms. The number of amides is 2. The number of hydrogen-bond acceptors (Lipinski definition) is 8. The number of carbonyl (C=O) groups excluding carboxylic acids is 2. The number of piperazine rings is 1. The van der Waals surface area contributed by atoms with Crippen LogP contribution in [0.3, 0.4) is 0 Å². The number of benzene rings is 1. The molecule has 0 unspecified atom stereocenters. The van der Waals surface area contributed by atoms with Gasteiger partial charge in [0.25, 0.3) is 0 Å². The van der Waals surface area contributed by atoms with Crippen LogP contribution in [0.5, 0.6) is 0 Å². The summed E-state index contributed by atoms with van der Waals surface area (Å²) in [6.45, 7) is 4.25. The van der Waals surface area contributed by atoms with Crippen molar-refractivity contribution in [2.24, 2.45) is 0 Å². The van der Waals surface area contributed by atoms with Gasteiger partial charge in [-0.3, -0.25) is 14.5 Å². The Morgan fingerprint density at radius 1 is 1.15 bits per heavy atom. The largest absolute Gasteiger partial charge is 0.469 e. The second-order valence-corrected chi connectivity index (χ2v) is 8.51. The predicted molar refractivity (Wildman–Crippen MR) is 121 cm³/mol. The highest BCUT2D eigenvalue weighted by Crippen LogP contribution is 2.25. The Balaban J connectivity index is 1.22. The Kier molecular flexibility index (Phi) is 6.94. The number of aromatic nitrogens is 3. The molecule has 1 aromatic carbocycles. The first kappa shape index (κ1) is 22.8. The van der Waals surface area contributed by atoms with Crippen molar-refractivity contribution in [3.8, 4) is 11.4 Å². The van der Waals surface area contributed by atoms with E-state index in [-0.39, 0.29) is 29.9 Å². The lowest BCUT2D eigenvalue weighted by atomic mass is 10.2. The molecule has 2 amide bonds. The number of furan rings is 1. The van der Waals surface area contributed by atoms with Crippen molar-refractivity contribution in [1.82, 2.24) is 24.7 Å². The van der Waals surface area contributed by atoms with Gasteiger partial charge < -0.3 is 20.5 Å². The Hall–Kier alpha value is -3.38. The van der Waals surface area contributed by atoms with Gasteiger partial charge in [0, 0.05) is 31.9 Å². The first-order valence-corrected chi connectivity index (χ1v) is 11.3. The number of nitrogen functional groups attached to an aromatic ring is 1. The Labute approximate surface area is 193 Å². The van der Waals surface area contributed by atoms with Crippen LogP contribution in [0.4, 0.5) is 10.1 Å². The zero-order valence-corrected chi connectivity index (χ0v) is 18.8. The van der Waals surface area contributed by atoms with Gasteiger partial charge in [-0.15, -0.1) is 10.2 Å². The molecule has 0 atom stereocenters. The fourth-order valence-corrected chi connectivity index (χ4v) is 4.25. The summed E-state index contributed by atoms with van der Waals surface area (Å²) in [5.74, 6) is 6.88. The molecule has 0 saturated carbocycles. The molecule has 3 N–H and O–H groups in total. The van der Waals surface area contributed by atoms with Gasteiger partial charge in [-0.1, -0.05) is 11.8 Å². The summed E-state index contributed by atoms with van der Waals surface area (Å²) in [5.41, 5.74) is 1.30. The topological polar surface area (TPSA) is 123 Å². The minimum absolute atomic E-state index is 0.0283. The average molecular weight is 474 g/mol. The van der Waals surface area contributed by atoms with E-state index in [1.54, 1.807) is 17.2 Å². The Bertz CT molecular complexity index is 1120.